The van der Waals surface area contributed by atoms with Crippen molar-refractivity contribution in [3.8, 4) is 5.75 Å². The van der Waals surface area contributed by atoms with Crippen LogP contribution in [0.25, 0.3) is 0 Å². The molecule has 0 unspecified atom stereocenters. The lowest BCUT2D eigenvalue weighted by molar-refractivity contribution is -0.132. The Hall–Kier alpha value is -1.51. The fourth-order valence-electron chi connectivity index (χ4n) is 2.36. The van der Waals surface area contributed by atoms with Gasteiger partial charge < -0.3 is 9.64 Å². The summed E-state index contributed by atoms with van der Waals surface area (Å²) >= 11 is 0. The second-order valence-electron chi connectivity index (χ2n) is 5.83. The first-order valence-electron chi connectivity index (χ1n) is 6.99. The van der Waals surface area contributed by atoms with E-state index < -0.39 is 5.60 Å². The third-order valence-electron chi connectivity index (χ3n) is 3.73. The van der Waals surface area contributed by atoms with Crippen molar-refractivity contribution in [1.29, 1.82) is 0 Å². The zero-order valence-corrected chi connectivity index (χ0v) is 12.5. The van der Waals surface area contributed by atoms with Gasteiger partial charge >= 0.3 is 0 Å². The van der Waals surface area contributed by atoms with Crippen LogP contribution < -0.4 is 9.64 Å². The Kier molecular flexibility index (Phi) is 3.57. The summed E-state index contributed by atoms with van der Waals surface area (Å²) in [7, 11) is 0. The smallest absolute Gasteiger partial charge is 0.270 e. The lowest BCUT2D eigenvalue weighted by Gasteiger charge is -2.39. The Morgan fingerprint density at radius 2 is 1.84 bits per heavy atom. The lowest BCUT2D eigenvalue weighted by Crippen LogP contribution is -2.52. The molecular weight excluding hydrogens is 238 g/mol. The average Bonchev–Trinajstić information content (AvgIpc) is 2.33. The Balaban J connectivity index is 2.48. The van der Waals surface area contributed by atoms with Crippen molar-refractivity contribution in [2.75, 3.05) is 11.4 Å². The summed E-state index contributed by atoms with van der Waals surface area (Å²) in [5, 5.41) is 0. The number of unbranched alkanes of at least 4 members (excludes halogenated alkanes) is 1. The van der Waals surface area contributed by atoms with Crippen LogP contribution in [0.5, 0.6) is 5.75 Å². The molecule has 3 nitrogen and oxygen atoms in total. The third kappa shape index (κ3) is 2.46. The number of carbonyl (C=O) groups is 1. The quantitative estimate of drug-likeness (QED) is 0.832. The molecule has 0 bridgehead atoms. The van der Waals surface area contributed by atoms with E-state index in [2.05, 4.69) is 26.8 Å². The van der Waals surface area contributed by atoms with Crippen molar-refractivity contribution in [1.82, 2.24) is 0 Å². The van der Waals surface area contributed by atoms with Crippen LogP contribution in [0.1, 0.15) is 44.7 Å². The van der Waals surface area contributed by atoms with E-state index in [4.69, 9.17) is 4.74 Å². The van der Waals surface area contributed by atoms with Crippen LogP contribution in [0.3, 0.4) is 0 Å². The molecule has 1 heterocycles. The SMILES string of the molecule is CCCCN1C(=O)C(C)(C)Oc2cc(C)c(C)cc21. The van der Waals surface area contributed by atoms with Crippen LogP contribution in [-0.2, 0) is 4.79 Å². The molecule has 1 aromatic carbocycles. The van der Waals surface area contributed by atoms with Crippen molar-refractivity contribution in [3.63, 3.8) is 0 Å². The summed E-state index contributed by atoms with van der Waals surface area (Å²) in [6.07, 6.45) is 2.08. The Morgan fingerprint density at radius 3 is 2.47 bits per heavy atom. The highest BCUT2D eigenvalue weighted by molar-refractivity contribution is 6.02. The maximum Gasteiger partial charge on any atom is 0.270 e. The summed E-state index contributed by atoms with van der Waals surface area (Å²) < 4.78 is 5.89. The molecule has 0 aromatic heterocycles. The van der Waals surface area contributed by atoms with Gasteiger partial charge in [0.05, 0.1) is 5.69 Å². The van der Waals surface area contributed by atoms with E-state index in [1.807, 2.05) is 24.8 Å². The number of nitrogens with zero attached hydrogens (tertiary/aromatic N) is 1. The van der Waals surface area contributed by atoms with E-state index in [9.17, 15) is 4.79 Å². The van der Waals surface area contributed by atoms with Crippen molar-refractivity contribution in [3.05, 3.63) is 23.3 Å². The van der Waals surface area contributed by atoms with Crippen LogP contribution in [0.15, 0.2) is 12.1 Å². The van der Waals surface area contributed by atoms with Gasteiger partial charge in [-0.25, -0.2) is 0 Å². The zero-order valence-electron chi connectivity index (χ0n) is 12.5. The summed E-state index contributed by atoms with van der Waals surface area (Å²) in [6.45, 7) is 10.7. The first-order chi connectivity index (χ1) is 8.86. The first kappa shape index (κ1) is 13.9. The summed E-state index contributed by atoms with van der Waals surface area (Å²) in [5.41, 5.74) is 2.53. The molecule has 2 rings (SSSR count). The molecule has 1 aliphatic heterocycles. The van der Waals surface area contributed by atoms with Gasteiger partial charge in [-0.1, -0.05) is 13.3 Å². The molecule has 0 radical (unpaired) electrons. The number of benzene rings is 1. The van der Waals surface area contributed by atoms with E-state index in [1.54, 1.807) is 0 Å². The minimum Gasteiger partial charge on any atom is -0.476 e. The summed E-state index contributed by atoms with van der Waals surface area (Å²) in [6, 6.07) is 4.10. The van der Waals surface area contributed by atoms with Gasteiger partial charge in [-0.2, -0.15) is 0 Å². The van der Waals surface area contributed by atoms with Gasteiger partial charge in [-0.05, 0) is 57.4 Å². The molecule has 104 valence electrons. The highest BCUT2D eigenvalue weighted by atomic mass is 16.5. The normalized spacial score (nSPS) is 17.1. The molecule has 1 aliphatic rings. The van der Waals surface area contributed by atoms with Gasteiger partial charge in [0, 0.05) is 6.54 Å². The largest absolute Gasteiger partial charge is 0.476 e. The second kappa shape index (κ2) is 4.87. The number of fused-ring (bicyclic) bond motifs is 1. The molecule has 0 spiro atoms. The minimum absolute atomic E-state index is 0.0525. The Labute approximate surface area is 115 Å². The minimum atomic E-state index is -0.775. The number of hydrogen-bond acceptors (Lipinski definition) is 2. The molecule has 19 heavy (non-hydrogen) atoms. The fraction of sp³-hybridized carbons (Fsp3) is 0.562. The maximum atomic E-state index is 12.5. The average molecular weight is 261 g/mol. The van der Waals surface area contributed by atoms with Crippen LogP contribution in [-0.4, -0.2) is 18.1 Å². The number of amides is 1. The Bertz CT molecular complexity index is 506. The topological polar surface area (TPSA) is 29.5 Å². The molecule has 0 fully saturated rings. The van der Waals surface area contributed by atoms with Crippen molar-refractivity contribution >= 4 is 11.6 Å². The lowest BCUT2D eigenvalue weighted by atomic mass is 10.0. The number of hydrogen-bond donors (Lipinski definition) is 0. The van der Waals surface area contributed by atoms with E-state index in [0.717, 1.165) is 30.8 Å². The first-order valence-corrected chi connectivity index (χ1v) is 6.99. The molecule has 0 N–H and O–H groups in total. The molecule has 3 heteroatoms. The van der Waals surface area contributed by atoms with Crippen LogP contribution >= 0.6 is 0 Å². The van der Waals surface area contributed by atoms with E-state index in [-0.39, 0.29) is 5.91 Å². The number of rotatable bonds is 3. The maximum absolute atomic E-state index is 12.5. The Morgan fingerprint density at radius 1 is 1.21 bits per heavy atom. The fourth-order valence-corrected chi connectivity index (χ4v) is 2.36. The zero-order chi connectivity index (χ0) is 14.2. The molecule has 0 saturated carbocycles. The molecule has 0 atom stereocenters. The number of ether oxygens (including phenoxy) is 1. The third-order valence-corrected chi connectivity index (χ3v) is 3.73. The van der Waals surface area contributed by atoms with E-state index >= 15 is 0 Å². The van der Waals surface area contributed by atoms with Gasteiger partial charge in [-0.3, -0.25) is 4.79 Å². The van der Waals surface area contributed by atoms with Crippen LogP contribution in [0, 0.1) is 13.8 Å². The molecule has 0 aliphatic carbocycles. The van der Waals surface area contributed by atoms with Gasteiger partial charge in [0.2, 0.25) is 0 Å². The summed E-state index contributed by atoms with van der Waals surface area (Å²) in [4.78, 5) is 14.4. The van der Waals surface area contributed by atoms with Crippen LogP contribution in [0.2, 0.25) is 0 Å². The highest BCUT2D eigenvalue weighted by Crippen LogP contribution is 2.39. The van der Waals surface area contributed by atoms with E-state index in [0.29, 0.717) is 0 Å². The molecule has 0 saturated heterocycles. The standard InChI is InChI=1S/C16H23NO2/c1-6-7-8-17-13-9-11(2)12(3)10-14(13)19-16(4,5)15(17)18/h9-10H,6-8H2,1-5H3. The molecule has 1 amide bonds. The van der Waals surface area contributed by atoms with Gasteiger partial charge in [-0.15, -0.1) is 0 Å². The molecule has 1 aromatic rings. The van der Waals surface area contributed by atoms with Crippen molar-refractivity contribution < 1.29 is 9.53 Å². The monoisotopic (exact) mass is 261 g/mol. The van der Waals surface area contributed by atoms with Crippen molar-refractivity contribution in [2.24, 2.45) is 0 Å². The predicted octanol–water partition coefficient (Wildman–Crippen LogP) is 3.61. The van der Waals surface area contributed by atoms with Crippen LogP contribution in [0.4, 0.5) is 5.69 Å². The van der Waals surface area contributed by atoms with Gasteiger partial charge in [0.15, 0.2) is 5.60 Å². The van der Waals surface area contributed by atoms with E-state index in [1.165, 1.54) is 11.1 Å². The predicted molar refractivity (Wildman–Crippen MR) is 77.9 cm³/mol. The second-order valence-corrected chi connectivity index (χ2v) is 5.83. The number of anilines is 1. The molecular formula is C16H23NO2. The van der Waals surface area contributed by atoms with Crippen molar-refractivity contribution in [2.45, 2.75) is 53.1 Å². The summed E-state index contributed by atoms with van der Waals surface area (Å²) in [5.74, 6) is 0.875. The number of aryl methyl sites for hydroxylation is 2. The van der Waals surface area contributed by atoms with Gasteiger partial charge in [0.1, 0.15) is 5.75 Å². The number of carbonyl (C=O) groups excluding carboxylic acids is 1. The highest BCUT2D eigenvalue weighted by Gasteiger charge is 2.40. The van der Waals surface area contributed by atoms with Gasteiger partial charge in [0.25, 0.3) is 5.91 Å².